The minimum atomic E-state index is -1.14. The highest BCUT2D eigenvalue weighted by molar-refractivity contribution is 7.85. The van der Waals surface area contributed by atoms with Gasteiger partial charge in [0.05, 0.1) is 16.7 Å². The van der Waals surface area contributed by atoms with Gasteiger partial charge in [-0.15, -0.1) is 0 Å². The van der Waals surface area contributed by atoms with Crippen molar-refractivity contribution in [2.45, 2.75) is 135 Å². The van der Waals surface area contributed by atoms with E-state index < -0.39 is 16.4 Å². The Morgan fingerprint density at radius 1 is 0.853 bits per heavy atom. The first-order valence-electron chi connectivity index (χ1n) is 13.8. The second kappa shape index (κ2) is 14.4. The van der Waals surface area contributed by atoms with Crippen molar-refractivity contribution in [3.05, 3.63) is 29.8 Å². The molecule has 0 bridgehead atoms. The van der Waals surface area contributed by atoms with Crippen molar-refractivity contribution in [2.75, 3.05) is 5.75 Å². The maximum atomic E-state index is 13.6. The number of benzene rings is 1. The van der Waals surface area contributed by atoms with E-state index in [1.165, 1.54) is 69.8 Å². The predicted molar refractivity (Wildman–Crippen MR) is 145 cm³/mol. The molecule has 2 rings (SSSR count). The quantitative estimate of drug-likeness (QED) is 0.388. The summed E-state index contributed by atoms with van der Waals surface area (Å²) in [4.78, 5) is 14.2. The lowest BCUT2D eigenvalue weighted by Crippen LogP contribution is -2.42. The molecule has 0 amide bonds. The van der Waals surface area contributed by atoms with E-state index in [0.717, 1.165) is 30.6 Å². The van der Waals surface area contributed by atoms with Gasteiger partial charge in [0, 0.05) is 10.6 Å². The van der Waals surface area contributed by atoms with Gasteiger partial charge in [-0.05, 0) is 58.1 Å². The Morgan fingerprint density at radius 2 is 1.26 bits per heavy atom. The van der Waals surface area contributed by atoms with Crippen molar-refractivity contribution in [2.24, 2.45) is 11.3 Å². The molecule has 2 atom stereocenters. The molecule has 0 saturated heterocycles. The number of rotatable bonds is 5. The van der Waals surface area contributed by atoms with Gasteiger partial charge in [-0.3, -0.25) is 9.00 Å². The molecule has 34 heavy (non-hydrogen) atoms. The van der Waals surface area contributed by atoms with Gasteiger partial charge in [-0.1, -0.05) is 102 Å². The zero-order valence-electron chi connectivity index (χ0n) is 22.6. The van der Waals surface area contributed by atoms with Crippen LogP contribution in [-0.2, 0) is 20.3 Å². The monoisotopic (exact) mass is 490 g/mol. The third-order valence-corrected chi connectivity index (χ3v) is 9.12. The van der Waals surface area contributed by atoms with Gasteiger partial charge in [-0.25, -0.2) is 0 Å². The minimum absolute atomic E-state index is 0.133. The molecule has 3 nitrogen and oxygen atoms in total. The Bertz CT molecular complexity index is 731. The highest BCUT2D eigenvalue weighted by Crippen LogP contribution is 2.42. The smallest absolute Gasteiger partial charge is 0.309 e. The lowest BCUT2D eigenvalue weighted by atomic mass is 9.70. The van der Waals surface area contributed by atoms with Gasteiger partial charge in [0.1, 0.15) is 5.60 Å². The normalized spacial score (nSPS) is 21.0. The average molecular weight is 491 g/mol. The molecule has 0 heterocycles. The van der Waals surface area contributed by atoms with Gasteiger partial charge in [0.15, 0.2) is 0 Å². The lowest BCUT2D eigenvalue weighted by Gasteiger charge is -2.39. The van der Waals surface area contributed by atoms with E-state index in [4.69, 9.17) is 4.74 Å². The van der Waals surface area contributed by atoms with Crippen LogP contribution >= 0.6 is 0 Å². The first-order chi connectivity index (χ1) is 16.1. The molecule has 0 radical (unpaired) electrons. The first-order valence-corrected chi connectivity index (χ1v) is 15.1. The van der Waals surface area contributed by atoms with Crippen LogP contribution in [-0.4, -0.2) is 21.5 Å². The van der Waals surface area contributed by atoms with Gasteiger partial charge < -0.3 is 4.74 Å². The zero-order valence-corrected chi connectivity index (χ0v) is 23.4. The summed E-state index contributed by atoms with van der Waals surface area (Å²) in [6, 6.07) is 8.05. The van der Waals surface area contributed by atoms with E-state index in [0.29, 0.717) is 5.75 Å². The summed E-state index contributed by atoms with van der Waals surface area (Å²) in [6.07, 6.45) is 17.0. The Labute approximate surface area is 212 Å². The fraction of sp³-hybridized carbons (Fsp3) is 0.767. The third-order valence-electron chi connectivity index (χ3n) is 7.48. The summed E-state index contributed by atoms with van der Waals surface area (Å²) in [7, 11) is -1.14. The summed E-state index contributed by atoms with van der Waals surface area (Å²) in [5.74, 6) is 0.138. The molecule has 1 saturated carbocycles. The highest BCUT2D eigenvalue weighted by Gasteiger charge is 2.42. The highest BCUT2D eigenvalue weighted by atomic mass is 32.2. The summed E-state index contributed by atoms with van der Waals surface area (Å²) >= 11 is 0. The molecule has 1 aromatic rings. The molecule has 1 aromatic carbocycles. The van der Waals surface area contributed by atoms with Crippen molar-refractivity contribution < 1.29 is 13.7 Å². The van der Waals surface area contributed by atoms with E-state index in [2.05, 4.69) is 6.92 Å². The van der Waals surface area contributed by atoms with E-state index in [9.17, 15) is 9.00 Å². The van der Waals surface area contributed by atoms with Gasteiger partial charge >= 0.3 is 5.97 Å². The minimum Gasteiger partial charge on any atom is -0.460 e. The Morgan fingerprint density at radius 3 is 1.68 bits per heavy atom. The van der Waals surface area contributed by atoms with Crippen molar-refractivity contribution in [1.29, 1.82) is 0 Å². The van der Waals surface area contributed by atoms with Crippen LogP contribution in [0.2, 0.25) is 0 Å². The summed E-state index contributed by atoms with van der Waals surface area (Å²) < 4.78 is 19.5. The van der Waals surface area contributed by atoms with E-state index in [-0.39, 0.29) is 17.3 Å². The molecule has 1 fully saturated rings. The summed E-state index contributed by atoms with van der Waals surface area (Å²) in [6.45, 7) is 9.90. The molecule has 0 aromatic heterocycles. The maximum Gasteiger partial charge on any atom is 0.309 e. The Hall–Kier alpha value is -1.16. The lowest BCUT2D eigenvalue weighted by molar-refractivity contribution is -0.164. The number of ether oxygens (including phenoxy) is 1. The molecule has 1 aliphatic rings. The van der Waals surface area contributed by atoms with E-state index in [1.807, 2.05) is 52.0 Å². The van der Waals surface area contributed by atoms with Crippen molar-refractivity contribution in [3.8, 4) is 0 Å². The number of aryl methyl sites for hydroxylation is 1. The van der Waals surface area contributed by atoms with Gasteiger partial charge in [0.2, 0.25) is 0 Å². The second-order valence-corrected chi connectivity index (χ2v) is 13.1. The second-order valence-electron chi connectivity index (χ2n) is 11.7. The van der Waals surface area contributed by atoms with Gasteiger partial charge in [0.25, 0.3) is 0 Å². The number of hydrogen-bond acceptors (Lipinski definition) is 3. The number of hydrogen-bond donors (Lipinski definition) is 0. The molecule has 0 aliphatic heterocycles. The number of esters is 1. The summed E-state index contributed by atoms with van der Waals surface area (Å²) in [5.41, 5.74) is 0.368. The Balaban J connectivity index is 2.29. The molecular formula is C30H50O3S. The molecule has 0 N–H and O–H groups in total. The Kier molecular flexibility index (Phi) is 12.3. The largest absolute Gasteiger partial charge is 0.460 e. The van der Waals surface area contributed by atoms with E-state index in [1.54, 1.807) is 0 Å². The van der Waals surface area contributed by atoms with Crippen LogP contribution in [0.5, 0.6) is 0 Å². The van der Waals surface area contributed by atoms with E-state index >= 15 is 0 Å². The van der Waals surface area contributed by atoms with Crippen molar-refractivity contribution in [1.82, 2.24) is 0 Å². The molecule has 1 aliphatic carbocycles. The van der Waals surface area contributed by atoms with Crippen LogP contribution in [0, 0.1) is 18.3 Å². The standard InChI is InChI=1S/C30H50O3S/c1-25-18-20-27(21-19-25)34(32)24-30(26(2)28(31)33-29(3,4)5)22-16-14-12-10-8-6-7-9-11-13-15-17-23-30/h18-21,26H,6-17,22-24H2,1-5H3/t26-,34?/m1/s1. The maximum absolute atomic E-state index is 13.6. The zero-order chi connectivity index (χ0) is 25.0. The van der Waals surface area contributed by atoms with Crippen LogP contribution < -0.4 is 0 Å². The van der Waals surface area contributed by atoms with Crippen molar-refractivity contribution in [3.63, 3.8) is 0 Å². The molecule has 4 heteroatoms. The predicted octanol–water partition coefficient (Wildman–Crippen LogP) is 8.54. The van der Waals surface area contributed by atoms with Crippen LogP contribution in [0.3, 0.4) is 0 Å². The third kappa shape index (κ3) is 10.2. The van der Waals surface area contributed by atoms with Crippen molar-refractivity contribution >= 4 is 16.8 Å². The van der Waals surface area contributed by atoms with Crippen LogP contribution in [0.25, 0.3) is 0 Å². The summed E-state index contributed by atoms with van der Waals surface area (Å²) in [5, 5.41) is 0. The fourth-order valence-electron chi connectivity index (χ4n) is 5.22. The van der Waals surface area contributed by atoms with Crippen LogP contribution in [0.15, 0.2) is 29.2 Å². The number of carbonyl (C=O) groups excluding carboxylic acids is 1. The molecule has 0 spiro atoms. The molecule has 194 valence electrons. The van der Waals surface area contributed by atoms with Gasteiger partial charge in [-0.2, -0.15) is 0 Å². The molecular weight excluding hydrogens is 440 g/mol. The number of carbonyl (C=O) groups is 1. The van der Waals surface area contributed by atoms with Crippen LogP contribution in [0.4, 0.5) is 0 Å². The fourth-order valence-corrected chi connectivity index (χ4v) is 6.89. The topological polar surface area (TPSA) is 43.4 Å². The molecule has 1 unspecified atom stereocenters. The first kappa shape index (κ1) is 29.1. The average Bonchev–Trinajstić information content (AvgIpc) is 2.78. The SMILES string of the molecule is Cc1ccc(S(=O)CC2([C@H](C)C(=O)OC(C)(C)C)CCCCCCCCCCCCCC2)cc1. The van der Waals surface area contributed by atoms with Crippen LogP contribution in [0.1, 0.15) is 123 Å².